The third-order valence-electron chi connectivity index (χ3n) is 5.43. The maximum atomic E-state index is 9.70. The first kappa shape index (κ1) is 14.9. The quantitative estimate of drug-likeness (QED) is 0.780. The van der Waals surface area contributed by atoms with E-state index in [1.54, 1.807) is 12.1 Å². The van der Waals surface area contributed by atoms with Crippen LogP contribution >= 0.6 is 0 Å². The SMILES string of the molecule is CC(CO)(NC1CCC(c2ccc(O)cc2)CC1)C1CC1. The lowest BCUT2D eigenvalue weighted by atomic mass is 9.80. The highest BCUT2D eigenvalue weighted by Gasteiger charge is 2.42. The number of hydrogen-bond donors (Lipinski definition) is 3. The molecule has 0 radical (unpaired) electrons. The van der Waals surface area contributed by atoms with E-state index in [0.29, 0.717) is 23.6 Å². The Bertz CT molecular complexity index is 461. The molecular formula is C18H27NO2. The number of phenolic OH excluding ortho intramolecular Hbond substituents is 1. The van der Waals surface area contributed by atoms with Gasteiger partial charge in [0.2, 0.25) is 0 Å². The van der Waals surface area contributed by atoms with Gasteiger partial charge < -0.3 is 15.5 Å². The molecule has 0 aliphatic heterocycles. The standard InChI is InChI=1S/C18H27NO2/c1-18(12-20,15-6-7-15)19-16-8-2-13(3-9-16)14-4-10-17(21)11-5-14/h4-5,10-11,13,15-16,19-21H,2-3,6-9,12H2,1H3. The van der Waals surface area contributed by atoms with Crippen molar-refractivity contribution in [2.45, 2.75) is 62.9 Å². The van der Waals surface area contributed by atoms with E-state index >= 15 is 0 Å². The smallest absolute Gasteiger partial charge is 0.115 e. The van der Waals surface area contributed by atoms with Gasteiger partial charge >= 0.3 is 0 Å². The summed E-state index contributed by atoms with van der Waals surface area (Å²) in [4.78, 5) is 0. The van der Waals surface area contributed by atoms with Crippen molar-refractivity contribution in [1.29, 1.82) is 0 Å². The van der Waals surface area contributed by atoms with Crippen LogP contribution in [0.3, 0.4) is 0 Å². The van der Waals surface area contributed by atoms with E-state index < -0.39 is 0 Å². The molecule has 3 heteroatoms. The van der Waals surface area contributed by atoms with Gasteiger partial charge in [0, 0.05) is 11.6 Å². The molecule has 2 aliphatic carbocycles. The normalized spacial score (nSPS) is 29.0. The summed E-state index contributed by atoms with van der Waals surface area (Å²) in [6.07, 6.45) is 7.24. The zero-order valence-corrected chi connectivity index (χ0v) is 12.9. The van der Waals surface area contributed by atoms with Crippen molar-refractivity contribution >= 4 is 0 Å². The van der Waals surface area contributed by atoms with Gasteiger partial charge in [0.1, 0.15) is 5.75 Å². The van der Waals surface area contributed by atoms with Crippen molar-refractivity contribution in [3.05, 3.63) is 29.8 Å². The highest BCUT2D eigenvalue weighted by Crippen LogP contribution is 2.41. The van der Waals surface area contributed by atoms with Crippen LogP contribution in [0.4, 0.5) is 0 Å². The molecule has 1 atom stereocenters. The second-order valence-electron chi connectivity index (χ2n) is 7.13. The second kappa shape index (κ2) is 5.98. The van der Waals surface area contributed by atoms with Gasteiger partial charge in [0.15, 0.2) is 0 Å². The minimum atomic E-state index is -0.0734. The molecule has 21 heavy (non-hydrogen) atoms. The van der Waals surface area contributed by atoms with Crippen molar-refractivity contribution < 1.29 is 10.2 Å². The van der Waals surface area contributed by atoms with Crippen molar-refractivity contribution in [3.8, 4) is 5.75 Å². The predicted molar refractivity (Wildman–Crippen MR) is 84.5 cm³/mol. The molecule has 0 aromatic heterocycles. The van der Waals surface area contributed by atoms with E-state index in [1.807, 2.05) is 0 Å². The molecule has 0 bridgehead atoms. The van der Waals surface area contributed by atoms with Gasteiger partial charge in [-0.3, -0.25) is 0 Å². The fourth-order valence-corrected chi connectivity index (χ4v) is 3.80. The Morgan fingerprint density at radius 2 is 1.67 bits per heavy atom. The van der Waals surface area contributed by atoms with Crippen LogP contribution < -0.4 is 5.32 Å². The van der Waals surface area contributed by atoms with Crippen LogP contribution in [-0.2, 0) is 0 Å². The van der Waals surface area contributed by atoms with Gasteiger partial charge in [0.05, 0.1) is 6.61 Å². The zero-order chi connectivity index (χ0) is 14.9. The number of phenols is 1. The third-order valence-corrected chi connectivity index (χ3v) is 5.43. The molecule has 0 heterocycles. The zero-order valence-electron chi connectivity index (χ0n) is 12.9. The molecule has 1 aromatic carbocycles. The Balaban J connectivity index is 1.54. The van der Waals surface area contributed by atoms with Crippen molar-refractivity contribution in [3.63, 3.8) is 0 Å². The minimum Gasteiger partial charge on any atom is -0.508 e. The maximum Gasteiger partial charge on any atom is 0.115 e. The first-order chi connectivity index (χ1) is 10.1. The number of nitrogens with one attached hydrogen (secondary N) is 1. The fourth-order valence-electron chi connectivity index (χ4n) is 3.80. The molecule has 3 nitrogen and oxygen atoms in total. The highest BCUT2D eigenvalue weighted by atomic mass is 16.3. The highest BCUT2D eigenvalue weighted by molar-refractivity contribution is 5.28. The Morgan fingerprint density at radius 3 is 2.19 bits per heavy atom. The summed E-state index contributed by atoms with van der Waals surface area (Å²) >= 11 is 0. The molecule has 116 valence electrons. The summed E-state index contributed by atoms with van der Waals surface area (Å²) in [6.45, 7) is 2.42. The summed E-state index contributed by atoms with van der Waals surface area (Å²) in [7, 11) is 0. The van der Waals surface area contributed by atoms with E-state index in [9.17, 15) is 10.2 Å². The van der Waals surface area contributed by atoms with Gasteiger partial charge in [0.25, 0.3) is 0 Å². The molecule has 2 saturated carbocycles. The van der Waals surface area contributed by atoms with Gasteiger partial charge in [-0.05, 0) is 75.0 Å². The average Bonchev–Trinajstić information content (AvgIpc) is 3.34. The lowest BCUT2D eigenvalue weighted by Crippen LogP contribution is -2.53. The van der Waals surface area contributed by atoms with Crippen molar-refractivity contribution in [2.75, 3.05) is 6.61 Å². The number of aliphatic hydroxyl groups is 1. The summed E-state index contributed by atoms with van der Waals surface area (Å²) in [5.41, 5.74) is 1.27. The first-order valence-corrected chi connectivity index (χ1v) is 8.28. The lowest BCUT2D eigenvalue weighted by Gasteiger charge is -2.37. The van der Waals surface area contributed by atoms with Crippen LogP contribution in [0, 0.1) is 5.92 Å². The Hall–Kier alpha value is -1.06. The number of aliphatic hydroxyl groups excluding tert-OH is 1. The molecule has 0 saturated heterocycles. The van der Waals surface area contributed by atoms with Crippen molar-refractivity contribution in [1.82, 2.24) is 5.32 Å². The van der Waals surface area contributed by atoms with Crippen LogP contribution in [0.5, 0.6) is 5.75 Å². The van der Waals surface area contributed by atoms with E-state index in [2.05, 4.69) is 24.4 Å². The number of aromatic hydroxyl groups is 1. The molecule has 3 N–H and O–H groups in total. The Kier molecular flexibility index (Phi) is 4.23. The number of rotatable bonds is 5. The van der Waals surface area contributed by atoms with Gasteiger partial charge in [-0.1, -0.05) is 12.1 Å². The van der Waals surface area contributed by atoms with Gasteiger partial charge in [-0.15, -0.1) is 0 Å². The van der Waals surface area contributed by atoms with E-state index in [4.69, 9.17) is 0 Å². The molecule has 2 fully saturated rings. The maximum absolute atomic E-state index is 9.70. The summed E-state index contributed by atoms with van der Waals surface area (Å²) in [6, 6.07) is 8.22. The van der Waals surface area contributed by atoms with E-state index in [0.717, 1.165) is 0 Å². The Labute approximate surface area is 127 Å². The lowest BCUT2D eigenvalue weighted by molar-refractivity contribution is 0.130. The van der Waals surface area contributed by atoms with Crippen LogP contribution in [0.15, 0.2) is 24.3 Å². The Morgan fingerprint density at radius 1 is 1.05 bits per heavy atom. The molecule has 0 spiro atoms. The molecular weight excluding hydrogens is 262 g/mol. The van der Waals surface area contributed by atoms with Crippen LogP contribution in [0.25, 0.3) is 0 Å². The summed E-state index contributed by atoms with van der Waals surface area (Å²) < 4.78 is 0. The molecule has 1 unspecified atom stereocenters. The largest absolute Gasteiger partial charge is 0.508 e. The number of hydrogen-bond acceptors (Lipinski definition) is 3. The van der Waals surface area contributed by atoms with Gasteiger partial charge in [-0.2, -0.15) is 0 Å². The topological polar surface area (TPSA) is 52.5 Å². The summed E-state index contributed by atoms with van der Waals surface area (Å²) in [5, 5.41) is 22.8. The molecule has 0 amide bonds. The molecule has 3 rings (SSSR count). The second-order valence-corrected chi connectivity index (χ2v) is 7.13. The van der Waals surface area contributed by atoms with E-state index in [-0.39, 0.29) is 12.1 Å². The van der Waals surface area contributed by atoms with Crippen LogP contribution in [-0.4, -0.2) is 28.4 Å². The van der Waals surface area contributed by atoms with Crippen LogP contribution in [0.1, 0.15) is 56.9 Å². The molecule has 2 aliphatic rings. The minimum absolute atomic E-state index is 0.0734. The monoisotopic (exact) mass is 289 g/mol. The first-order valence-electron chi connectivity index (χ1n) is 8.28. The number of benzene rings is 1. The predicted octanol–water partition coefficient (Wildman–Crippen LogP) is 3.17. The van der Waals surface area contributed by atoms with Crippen molar-refractivity contribution in [2.24, 2.45) is 5.92 Å². The van der Waals surface area contributed by atoms with Crippen LogP contribution in [0.2, 0.25) is 0 Å². The summed E-state index contributed by atoms with van der Waals surface area (Å²) in [5.74, 6) is 1.62. The average molecular weight is 289 g/mol. The third kappa shape index (κ3) is 3.41. The molecule has 1 aromatic rings. The fraction of sp³-hybridized carbons (Fsp3) is 0.667. The van der Waals surface area contributed by atoms with E-state index in [1.165, 1.54) is 44.1 Å². The van der Waals surface area contributed by atoms with Gasteiger partial charge in [-0.25, -0.2) is 0 Å².